The van der Waals surface area contributed by atoms with Gasteiger partial charge < -0.3 is 16.0 Å². The van der Waals surface area contributed by atoms with E-state index in [0.717, 1.165) is 38.4 Å². The Hall–Kier alpha value is -1.87. The smallest absolute Gasteiger partial charge is 0.233 e. The van der Waals surface area contributed by atoms with Crippen LogP contribution in [-0.4, -0.2) is 56.5 Å². The van der Waals surface area contributed by atoms with Crippen LogP contribution < -0.4 is 16.0 Å². The molecule has 0 atom stereocenters. The Balaban J connectivity index is 0.00000280. The molecule has 1 saturated heterocycles. The highest BCUT2D eigenvalue weighted by Crippen LogP contribution is 2.15. The van der Waals surface area contributed by atoms with Gasteiger partial charge in [-0.2, -0.15) is 0 Å². The summed E-state index contributed by atoms with van der Waals surface area (Å²) in [5.74, 6) is 0.905. The number of halogens is 1. The van der Waals surface area contributed by atoms with Crippen LogP contribution in [0.4, 0.5) is 0 Å². The fraction of sp³-hybridized carbons (Fsp3) is 0.429. The number of carbonyl (C=O) groups is 1. The third-order valence-corrected chi connectivity index (χ3v) is 5.07. The number of nitrogens with zero attached hydrogens (tertiary/aromatic N) is 2. The third kappa shape index (κ3) is 6.34. The van der Waals surface area contributed by atoms with Gasteiger partial charge in [0.25, 0.3) is 0 Å². The van der Waals surface area contributed by atoms with Gasteiger partial charge in [-0.3, -0.25) is 14.7 Å². The van der Waals surface area contributed by atoms with Crippen LogP contribution in [0.2, 0.25) is 0 Å². The average Bonchev–Trinajstić information content (AvgIpc) is 2.72. The first-order valence-electron chi connectivity index (χ1n) is 9.55. The Morgan fingerprint density at radius 3 is 2.54 bits per heavy atom. The first-order valence-corrected chi connectivity index (χ1v) is 9.55. The number of amides is 1. The van der Waals surface area contributed by atoms with Crippen LogP contribution in [0.15, 0.2) is 47.5 Å². The first-order chi connectivity index (χ1) is 13.2. The van der Waals surface area contributed by atoms with Gasteiger partial charge in [-0.25, -0.2) is 0 Å². The van der Waals surface area contributed by atoms with Gasteiger partial charge in [-0.05, 0) is 35.2 Å². The predicted octanol–water partition coefficient (Wildman–Crippen LogP) is 2.33. The lowest BCUT2D eigenvalue weighted by Crippen LogP contribution is -2.49. The molecule has 1 heterocycles. The molecule has 1 fully saturated rings. The maximum absolute atomic E-state index is 11.5. The minimum absolute atomic E-state index is 0. The van der Waals surface area contributed by atoms with Gasteiger partial charge in [0.2, 0.25) is 5.91 Å². The summed E-state index contributed by atoms with van der Waals surface area (Å²) >= 11 is 0. The average molecular weight is 495 g/mol. The van der Waals surface area contributed by atoms with Gasteiger partial charge in [0.05, 0.1) is 6.54 Å². The van der Waals surface area contributed by atoms with Crippen LogP contribution in [-0.2, 0) is 11.3 Å². The molecule has 3 rings (SSSR count). The standard InChI is InChI=1S/C21H29N5O.HI/c1-22-20(27)15-26-11-9-19(10-12-26)25-21(23-2)24-14-16-7-8-17-5-3-4-6-18(17)13-16;/h3-8,13,19H,9-12,14-15H2,1-2H3,(H,22,27)(H2,23,24,25);1H. The van der Waals surface area contributed by atoms with E-state index < -0.39 is 0 Å². The summed E-state index contributed by atoms with van der Waals surface area (Å²) in [6, 6.07) is 15.3. The molecule has 28 heavy (non-hydrogen) atoms. The Bertz CT molecular complexity index is 802. The highest BCUT2D eigenvalue weighted by molar-refractivity contribution is 14.0. The van der Waals surface area contributed by atoms with Crippen molar-refractivity contribution in [1.82, 2.24) is 20.9 Å². The number of carbonyl (C=O) groups excluding carboxylic acids is 1. The van der Waals surface area contributed by atoms with Crippen molar-refractivity contribution < 1.29 is 4.79 Å². The quantitative estimate of drug-likeness (QED) is 0.339. The highest BCUT2D eigenvalue weighted by atomic mass is 127. The zero-order valence-electron chi connectivity index (χ0n) is 16.6. The largest absolute Gasteiger partial charge is 0.358 e. The fourth-order valence-electron chi connectivity index (χ4n) is 3.44. The van der Waals surface area contributed by atoms with Crippen LogP contribution in [0, 0.1) is 0 Å². The van der Waals surface area contributed by atoms with Crippen LogP contribution >= 0.6 is 24.0 Å². The summed E-state index contributed by atoms with van der Waals surface area (Å²) in [6.07, 6.45) is 2.02. The molecule has 0 unspecified atom stereocenters. The SMILES string of the molecule is CN=C(NCc1ccc2ccccc2c1)NC1CCN(CC(=O)NC)CC1.I. The Kier molecular flexibility index (Phi) is 8.98. The molecule has 0 spiro atoms. The number of guanidine groups is 1. The normalized spacial score (nSPS) is 15.7. The van der Waals surface area contributed by atoms with Gasteiger partial charge >= 0.3 is 0 Å². The van der Waals surface area contributed by atoms with Crippen molar-refractivity contribution in [3.05, 3.63) is 48.0 Å². The lowest BCUT2D eigenvalue weighted by Gasteiger charge is -2.32. The number of piperidine rings is 1. The molecular formula is C21H30IN5O. The second kappa shape index (κ2) is 11.2. The number of aliphatic imine (C=N–C) groups is 1. The highest BCUT2D eigenvalue weighted by Gasteiger charge is 2.21. The van der Waals surface area contributed by atoms with E-state index in [1.807, 2.05) is 0 Å². The zero-order chi connectivity index (χ0) is 19.1. The van der Waals surface area contributed by atoms with Crippen molar-refractivity contribution in [1.29, 1.82) is 0 Å². The molecule has 0 aromatic heterocycles. The molecule has 2 aromatic carbocycles. The van der Waals surface area contributed by atoms with Crippen LogP contribution in [0.5, 0.6) is 0 Å². The van der Waals surface area contributed by atoms with Crippen molar-refractivity contribution >= 4 is 46.6 Å². The monoisotopic (exact) mass is 495 g/mol. The number of hydrogen-bond acceptors (Lipinski definition) is 3. The van der Waals surface area contributed by atoms with Gasteiger partial charge in [0, 0.05) is 39.8 Å². The predicted molar refractivity (Wildman–Crippen MR) is 126 cm³/mol. The third-order valence-electron chi connectivity index (χ3n) is 5.07. The van der Waals surface area contributed by atoms with Crippen molar-refractivity contribution in [3.8, 4) is 0 Å². The van der Waals surface area contributed by atoms with E-state index in [2.05, 4.69) is 68.3 Å². The van der Waals surface area contributed by atoms with Gasteiger partial charge in [0.1, 0.15) is 0 Å². The molecule has 0 aliphatic carbocycles. The maximum atomic E-state index is 11.5. The number of likely N-dealkylation sites (N-methyl/N-ethyl adjacent to an activating group) is 1. The molecule has 0 saturated carbocycles. The molecule has 6 nitrogen and oxygen atoms in total. The molecule has 7 heteroatoms. The molecule has 0 radical (unpaired) electrons. The molecule has 1 amide bonds. The van der Waals surface area contributed by atoms with E-state index >= 15 is 0 Å². The lowest BCUT2D eigenvalue weighted by atomic mass is 10.1. The molecule has 1 aliphatic rings. The molecule has 0 bridgehead atoms. The molecule has 2 aromatic rings. The van der Waals surface area contributed by atoms with E-state index in [1.54, 1.807) is 14.1 Å². The Morgan fingerprint density at radius 1 is 1.14 bits per heavy atom. The maximum Gasteiger partial charge on any atom is 0.233 e. The minimum atomic E-state index is 0. The zero-order valence-corrected chi connectivity index (χ0v) is 18.9. The first kappa shape index (κ1) is 22.4. The summed E-state index contributed by atoms with van der Waals surface area (Å²) in [6.45, 7) is 3.07. The molecule has 3 N–H and O–H groups in total. The van der Waals surface area contributed by atoms with Crippen molar-refractivity contribution in [3.63, 3.8) is 0 Å². The van der Waals surface area contributed by atoms with E-state index in [4.69, 9.17) is 0 Å². The number of likely N-dealkylation sites (tertiary alicyclic amines) is 1. The topological polar surface area (TPSA) is 68.8 Å². The van der Waals surface area contributed by atoms with Gasteiger partial charge in [-0.15, -0.1) is 24.0 Å². The van der Waals surface area contributed by atoms with Gasteiger partial charge in [0.15, 0.2) is 5.96 Å². The Morgan fingerprint density at radius 2 is 1.86 bits per heavy atom. The summed E-state index contributed by atoms with van der Waals surface area (Å²) in [5.41, 5.74) is 1.23. The summed E-state index contributed by atoms with van der Waals surface area (Å²) in [4.78, 5) is 18.0. The second-order valence-electron chi connectivity index (χ2n) is 6.98. The van der Waals surface area contributed by atoms with E-state index in [1.165, 1.54) is 16.3 Å². The van der Waals surface area contributed by atoms with Crippen molar-refractivity contribution in [2.45, 2.75) is 25.4 Å². The number of fused-ring (bicyclic) bond motifs is 1. The van der Waals surface area contributed by atoms with Crippen LogP contribution in [0.1, 0.15) is 18.4 Å². The minimum Gasteiger partial charge on any atom is -0.358 e. The van der Waals surface area contributed by atoms with Crippen molar-refractivity contribution in [2.75, 3.05) is 33.7 Å². The van der Waals surface area contributed by atoms with Crippen LogP contribution in [0.25, 0.3) is 10.8 Å². The van der Waals surface area contributed by atoms with E-state index in [9.17, 15) is 4.79 Å². The van der Waals surface area contributed by atoms with Gasteiger partial charge in [-0.1, -0.05) is 36.4 Å². The summed E-state index contributed by atoms with van der Waals surface area (Å²) < 4.78 is 0. The summed E-state index contributed by atoms with van der Waals surface area (Å²) in [7, 11) is 3.48. The van der Waals surface area contributed by atoms with E-state index in [0.29, 0.717) is 12.6 Å². The van der Waals surface area contributed by atoms with Crippen LogP contribution in [0.3, 0.4) is 0 Å². The molecule has 1 aliphatic heterocycles. The number of rotatable bonds is 5. The van der Waals surface area contributed by atoms with E-state index in [-0.39, 0.29) is 29.9 Å². The number of hydrogen-bond donors (Lipinski definition) is 3. The molecule has 152 valence electrons. The summed E-state index contributed by atoms with van der Waals surface area (Å²) in [5, 5.41) is 12.1. The Labute approximate surface area is 184 Å². The fourth-order valence-corrected chi connectivity index (χ4v) is 3.44. The number of benzene rings is 2. The second-order valence-corrected chi connectivity index (χ2v) is 6.98. The lowest BCUT2D eigenvalue weighted by molar-refractivity contribution is -0.122. The molecular weight excluding hydrogens is 465 g/mol. The van der Waals surface area contributed by atoms with Crippen molar-refractivity contribution in [2.24, 2.45) is 4.99 Å². The number of nitrogens with one attached hydrogen (secondary N) is 3.